The first-order valence-corrected chi connectivity index (χ1v) is 13.3. The fraction of sp³-hybridized carbons (Fsp3) is 0.462. The van der Waals surface area contributed by atoms with E-state index in [1.54, 1.807) is 22.7 Å². The summed E-state index contributed by atoms with van der Waals surface area (Å²) in [5.74, 6) is -0.0329. The molecule has 0 radical (unpaired) electrons. The van der Waals surface area contributed by atoms with Crippen molar-refractivity contribution in [2.24, 2.45) is 16.7 Å². The fourth-order valence-corrected chi connectivity index (χ4v) is 7.95. The van der Waals surface area contributed by atoms with Crippen molar-refractivity contribution < 1.29 is 15.0 Å². The molecular formula is C26H30N2O3S2. The third-order valence-corrected chi connectivity index (χ3v) is 9.93. The summed E-state index contributed by atoms with van der Waals surface area (Å²) in [4.78, 5) is 19.5. The SMILES string of the molecule is CC1(CO)C(O)CCC2(C)C(CC(=O)Nc3ccccc3)c3nc(-c4ccsc4)sc3CC12. The molecule has 1 amide bonds. The van der Waals surface area contributed by atoms with Gasteiger partial charge in [-0.2, -0.15) is 11.3 Å². The zero-order chi connectivity index (χ0) is 23.2. The van der Waals surface area contributed by atoms with E-state index in [0.717, 1.165) is 34.8 Å². The number of para-hydroxylation sites is 1. The van der Waals surface area contributed by atoms with E-state index in [9.17, 15) is 15.0 Å². The first kappa shape index (κ1) is 22.7. The first-order chi connectivity index (χ1) is 15.8. The van der Waals surface area contributed by atoms with Gasteiger partial charge in [-0.05, 0) is 54.2 Å². The van der Waals surface area contributed by atoms with Crippen molar-refractivity contribution in [3.05, 3.63) is 57.7 Å². The Hall–Kier alpha value is -2.06. The molecule has 3 N–H and O–H groups in total. The molecule has 3 aromatic rings. The van der Waals surface area contributed by atoms with E-state index in [-0.39, 0.29) is 29.8 Å². The number of aliphatic hydroxyl groups excluding tert-OH is 2. The number of carbonyl (C=O) groups is 1. The number of rotatable bonds is 5. The molecule has 0 aliphatic heterocycles. The van der Waals surface area contributed by atoms with E-state index < -0.39 is 11.5 Å². The molecule has 2 heterocycles. The van der Waals surface area contributed by atoms with Gasteiger partial charge in [0.1, 0.15) is 5.01 Å². The molecule has 5 nitrogen and oxygen atoms in total. The standard InChI is InChI=1S/C26H30N2O3S2/c1-25-10-8-21(30)26(2,15-29)20(25)13-19-23(28-24(33-19)16-9-11-32-14-16)18(25)12-22(31)27-17-6-4-3-5-7-17/h3-7,9,11,14,18,20-21,29-30H,8,10,12-13,15H2,1-2H3,(H,27,31). The van der Waals surface area contributed by atoms with Crippen molar-refractivity contribution in [1.82, 2.24) is 4.98 Å². The van der Waals surface area contributed by atoms with Gasteiger partial charge in [-0.15, -0.1) is 11.3 Å². The highest BCUT2D eigenvalue weighted by Gasteiger charge is 2.59. The first-order valence-electron chi connectivity index (χ1n) is 11.5. The van der Waals surface area contributed by atoms with E-state index in [1.165, 1.54) is 4.88 Å². The van der Waals surface area contributed by atoms with Crippen LogP contribution in [0.5, 0.6) is 0 Å². The smallest absolute Gasteiger partial charge is 0.225 e. The lowest BCUT2D eigenvalue weighted by atomic mass is 9.47. The predicted molar refractivity (Wildman–Crippen MR) is 134 cm³/mol. The van der Waals surface area contributed by atoms with Crippen LogP contribution in [-0.4, -0.2) is 33.8 Å². The molecule has 0 bridgehead atoms. The van der Waals surface area contributed by atoms with Crippen LogP contribution in [0.15, 0.2) is 47.2 Å². The number of hydrogen-bond donors (Lipinski definition) is 3. The van der Waals surface area contributed by atoms with Gasteiger partial charge in [0.15, 0.2) is 0 Å². The number of nitrogens with zero attached hydrogens (tertiary/aromatic N) is 1. The van der Waals surface area contributed by atoms with Gasteiger partial charge >= 0.3 is 0 Å². The Morgan fingerprint density at radius 2 is 2.03 bits per heavy atom. The van der Waals surface area contributed by atoms with Gasteiger partial charge in [-0.25, -0.2) is 4.98 Å². The lowest BCUT2D eigenvalue weighted by Crippen LogP contribution is -2.57. The number of anilines is 1. The maximum atomic E-state index is 13.2. The average molecular weight is 483 g/mol. The number of hydrogen-bond acceptors (Lipinski definition) is 6. The van der Waals surface area contributed by atoms with Crippen LogP contribution < -0.4 is 5.32 Å². The second-order valence-corrected chi connectivity index (χ2v) is 11.9. The second kappa shape index (κ2) is 8.62. The number of aliphatic hydroxyl groups is 2. The second-order valence-electron chi connectivity index (χ2n) is 9.99. The normalized spacial score (nSPS) is 31.0. The zero-order valence-electron chi connectivity index (χ0n) is 19.0. The minimum absolute atomic E-state index is 0.0269. The van der Waals surface area contributed by atoms with Gasteiger partial charge in [0.2, 0.25) is 5.91 Å². The number of carbonyl (C=O) groups excluding carboxylic acids is 1. The Kier molecular flexibility index (Phi) is 5.93. The Morgan fingerprint density at radius 1 is 1.24 bits per heavy atom. The molecule has 2 aliphatic rings. The summed E-state index contributed by atoms with van der Waals surface area (Å²) in [5, 5.41) is 29.5. The van der Waals surface area contributed by atoms with E-state index in [1.807, 2.05) is 37.3 Å². The third-order valence-electron chi connectivity index (χ3n) is 8.11. The van der Waals surface area contributed by atoms with Gasteiger partial charge in [-0.1, -0.05) is 32.0 Å². The lowest BCUT2D eigenvalue weighted by molar-refractivity contribution is -0.143. The molecule has 2 aliphatic carbocycles. The molecule has 0 saturated heterocycles. The quantitative estimate of drug-likeness (QED) is 0.460. The zero-order valence-corrected chi connectivity index (χ0v) is 20.6. The monoisotopic (exact) mass is 482 g/mol. The summed E-state index contributed by atoms with van der Waals surface area (Å²) >= 11 is 3.35. The summed E-state index contributed by atoms with van der Waals surface area (Å²) in [5.41, 5.74) is 2.09. The Balaban J connectivity index is 1.55. The van der Waals surface area contributed by atoms with Crippen molar-refractivity contribution in [1.29, 1.82) is 0 Å². The number of nitrogens with one attached hydrogen (secondary N) is 1. The summed E-state index contributed by atoms with van der Waals surface area (Å²) in [6.45, 7) is 4.18. The van der Waals surface area contributed by atoms with Crippen LogP contribution in [-0.2, 0) is 11.2 Å². The van der Waals surface area contributed by atoms with Crippen LogP contribution in [0.1, 0.15) is 49.6 Å². The van der Waals surface area contributed by atoms with E-state index in [2.05, 4.69) is 29.1 Å². The summed E-state index contributed by atoms with van der Waals surface area (Å²) < 4.78 is 0. The predicted octanol–water partition coefficient (Wildman–Crippen LogP) is 5.32. The van der Waals surface area contributed by atoms with Gasteiger partial charge in [0.05, 0.1) is 18.4 Å². The highest BCUT2D eigenvalue weighted by Crippen LogP contribution is 2.63. The van der Waals surface area contributed by atoms with Crippen LogP contribution in [0.4, 0.5) is 5.69 Å². The fourth-order valence-electron chi connectivity index (χ4n) is 6.07. The van der Waals surface area contributed by atoms with Gasteiger partial charge < -0.3 is 15.5 Å². The number of amides is 1. The summed E-state index contributed by atoms with van der Waals surface area (Å²) in [7, 11) is 0. The van der Waals surface area contributed by atoms with E-state index in [4.69, 9.17) is 4.98 Å². The van der Waals surface area contributed by atoms with Crippen LogP contribution in [0, 0.1) is 16.7 Å². The van der Waals surface area contributed by atoms with E-state index >= 15 is 0 Å². The van der Waals surface area contributed by atoms with Gasteiger partial charge in [-0.3, -0.25) is 4.79 Å². The van der Waals surface area contributed by atoms with Crippen molar-refractivity contribution in [2.75, 3.05) is 11.9 Å². The summed E-state index contributed by atoms with van der Waals surface area (Å²) in [6.07, 6.45) is 1.99. The number of aromatic nitrogens is 1. The molecule has 0 spiro atoms. The summed E-state index contributed by atoms with van der Waals surface area (Å²) in [6, 6.07) is 11.6. The molecule has 1 saturated carbocycles. The molecule has 5 atom stereocenters. The van der Waals surface area contributed by atoms with Crippen molar-refractivity contribution in [3.63, 3.8) is 0 Å². The highest BCUT2D eigenvalue weighted by molar-refractivity contribution is 7.15. The largest absolute Gasteiger partial charge is 0.396 e. The van der Waals surface area contributed by atoms with Crippen LogP contribution in [0.25, 0.3) is 10.6 Å². The lowest BCUT2D eigenvalue weighted by Gasteiger charge is -2.58. The Morgan fingerprint density at radius 3 is 2.73 bits per heavy atom. The molecule has 1 aromatic carbocycles. The number of thiophene rings is 1. The Labute approximate surface area is 202 Å². The minimum Gasteiger partial charge on any atom is -0.396 e. The van der Waals surface area contributed by atoms with Gasteiger partial charge in [0.25, 0.3) is 0 Å². The van der Waals surface area contributed by atoms with Crippen LogP contribution >= 0.6 is 22.7 Å². The number of benzene rings is 1. The highest BCUT2D eigenvalue weighted by atomic mass is 32.1. The minimum atomic E-state index is -0.606. The third kappa shape index (κ3) is 3.85. The molecular weight excluding hydrogens is 452 g/mol. The molecule has 5 unspecified atom stereocenters. The molecule has 174 valence electrons. The average Bonchev–Trinajstić information content (AvgIpc) is 3.48. The molecule has 1 fully saturated rings. The Bertz CT molecular complexity index is 1130. The topological polar surface area (TPSA) is 82.5 Å². The number of thiazole rings is 1. The number of fused-ring (bicyclic) bond motifs is 2. The maximum Gasteiger partial charge on any atom is 0.225 e. The van der Waals surface area contributed by atoms with Gasteiger partial charge in [0, 0.05) is 39.3 Å². The van der Waals surface area contributed by atoms with Crippen LogP contribution in [0.2, 0.25) is 0 Å². The van der Waals surface area contributed by atoms with Crippen molar-refractivity contribution in [3.8, 4) is 10.6 Å². The van der Waals surface area contributed by atoms with Crippen molar-refractivity contribution in [2.45, 2.75) is 51.6 Å². The molecule has 5 rings (SSSR count). The maximum absolute atomic E-state index is 13.2. The molecule has 33 heavy (non-hydrogen) atoms. The van der Waals surface area contributed by atoms with Crippen LogP contribution in [0.3, 0.4) is 0 Å². The van der Waals surface area contributed by atoms with E-state index in [0.29, 0.717) is 12.8 Å². The molecule has 2 aromatic heterocycles. The molecule has 7 heteroatoms. The van der Waals surface area contributed by atoms with Crippen molar-refractivity contribution >= 4 is 34.3 Å².